The van der Waals surface area contributed by atoms with Gasteiger partial charge in [-0.3, -0.25) is 18.6 Å². The molecule has 2 atom stereocenters. The van der Waals surface area contributed by atoms with Crippen LogP contribution in [-0.2, 0) is 32.7 Å². The number of unbranched alkanes of at least 4 members (excludes halogenated alkanes) is 24. The lowest BCUT2D eigenvalue weighted by Gasteiger charge is -2.19. The number of allylic oxidation sites excluding steroid dienone is 12. The number of nitrogens with two attached hydrogens (primary N) is 1. The molecule has 65 heavy (non-hydrogen) atoms. The first-order valence-corrected chi connectivity index (χ1v) is 27.9. The van der Waals surface area contributed by atoms with Gasteiger partial charge in [0.1, 0.15) is 6.61 Å². The van der Waals surface area contributed by atoms with E-state index in [1.807, 2.05) is 0 Å². The Morgan fingerprint density at radius 2 is 0.800 bits per heavy atom. The van der Waals surface area contributed by atoms with Gasteiger partial charge in [0.05, 0.1) is 13.2 Å². The van der Waals surface area contributed by atoms with E-state index in [0.717, 1.165) is 77.0 Å². The maximum atomic E-state index is 12.7. The van der Waals surface area contributed by atoms with Crippen molar-refractivity contribution in [1.82, 2.24) is 0 Å². The fourth-order valence-corrected chi connectivity index (χ4v) is 7.88. The highest BCUT2D eigenvalue weighted by molar-refractivity contribution is 7.47. The summed E-state index contributed by atoms with van der Waals surface area (Å²) in [5.41, 5.74) is 5.37. The van der Waals surface area contributed by atoms with Crippen molar-refractivity contribution >= 4 is 19.8 Å². The van der Waals surface area contributed by atoms with Crippen molar-refractivity contribution in [2.45, 2.75) is 238 Å². The molecule has 10 heteroatoms. The molecule has 0 fully saturated rings. The van der Waals surface area contributed by atoms with Crippen LogP contribution in [-0.4, -0.2) is 49.3 Å². The monoisotopic (exact) mass is 932 g/mol. The number of rotatable bonds is 49. The highest BCUT2D eigenvalue weighted by atomic mass is 31.2. The van der Waals surface area contributed by atoms with Gasteiger partial charge in [-0.2, -0.15) is 0 Å². The van der Waals surface area contributed by atoms with E-state index < -0.39 is 32.5 Å². The molecule has 0 radical (unpaired) electrons. The summed E-state index contributed by atoms with van der Waals surface area (Å²) in [6, 6.07) is 0. The Labute approximate surface area is 399 Å². The van der Waals surface area contributed by atoms with Crippen LogP contribution in [0.15, 0.2) is 72.9 Å². The molecule has 2 unspecified atom stereocenters. The zero-order chi connectivity index (χ0) is 47.4. The van der Waals surface area contributed by atoms with Crippen molar-refractivity contribution in [2.75, 3.05) is 26.4 Å². The summed E-state index contributed by atoms with van der Waals surface area (Å²) in [5, 5.41) is 0. The smallest absolute Gasteiger partial charge is 0.462 e. The second-order valence-corrected chi connectivity index (χ2v) is 18.8. The van der Waals surface area contributed by atoms with Gasteiger partial charge in [0.2, 0.25) is 0 Å². The molecule has 0 aromatic heterocycles. The Morgan fingerprint density at radius 1 is 0.462 bits per heavy atom. The lowest BCUT2D eigenvalue weighted by atomic mass is 10.1. The maximum absolute atomic E-state index is 12.7. The number of hydrogen-bond donors (Lipinski definition) is 2. The van der Waals surface area contributed by atoms with Gasteiger partial charge in [0.15, 0.2) is 6.10 Å². The Kier molecular flexibility index (Phi) is 48.9. The van der Waals surface area contributed by atoms with Crippen LogP contribution in [0.25, 0.3) is 0 Å². The topological polar surface area (TPSA) is 134 Å². The SMILES string of the molecule is CCCCCCC/C=C\C/C=C\C/C=C\CCCCCCCCCCC(=O)OC(COC(=O)CCCCCCCC/C=C\C/C=C\C/C=C\CCCCCCC)COP(=O)(O)OCCN. The van der Waals surface area contributed by atoms with Crippen LogP contribution in [0, 0.1) is 0 Å². The number of phosphoric acid groups is 1. The summed E-state index contributed by atoms with van der Waals surface area (Å²) in [4.78, 5) is 35.1. The van der Waals surface area contributed by atoms with E-state index >= 15 is 0 Å². The van der Waals surface area contributed by atoms with E-state index in [0.29, 0.717) is 12.8 Å². The predicted octanol–water partition coefficient (Wildman–Crippen LogP) is 16.2. The summed E-state index contributed by atoms with van der Waals surface area (Å²) in [7, 11) is -4.39. The number of hydrogen-bond acceptors (Lipinski definition) is 8. The van der Waals surface area contributed by atoms with Gasteiger partial charge in [-0.25, -0.2) is 4.57 Å². The van der Waals surface area contributed by atoms with E-state index in [4.69, 9.17) is 24.3 Å². The lowest BCUT2D eigenvalue weighted by molar-refractivity contribution is -0.161. The number of ether oxygens (including phenoxy) is 2. The zero-order valence-corrected chi connectivity index (χ0v) is 42.6. The van der Waals surface area contributed by atoms with Crippen molar-refractivity contribution in [3.63, 3.8) is 0 Å². The van der Waals surface area contributed by atoms with Gasteiger partial charge in [0, 0.05) is 19.4 Å². The second-order valence-electron chi connectivity index (χ2n) is 17.4. The van der Waals surface area contributed by atoms with Gasteiger partial charge < -0.3 is 20.1 Å². The molecule has 0 heterocycles. The zero-order valence-electron chi connectivity index (χ0n) is 41.7. The van der Waals surface area contributed by atoms with E-state index in [1.165, 1.54) is 116 Å². The van der Waals surface area contributed by atoms with Crippen LogP contribution in [0.2, 0.25) is 0 Å². The molecule has 0 aliphatic heterocycles. The van der Waals surface area contributed by atoms with Crippen LogP contribution >= 0.6 is 7.82 Å². The minimum atomic E-state index is -4.39. The Morgan fingerprint density at radius 3 is 1.18 bits per heavy atom. The van der Waals surface area contributed by atoms with E-state index in [1.54, 1.807) is 0 Å². The molecule has 0 saturated carbocycles. The third kappa shape index (κ3) is 50.7. The maximum Gasteiger partial charge on any atom is 0.472 e. The summed E-state index contributed by atoms with van der Waals surface area (Å²) in [5.74, 6) is -0.851. The third-order valence-electron chi connectivity index (χ3n) is 11.1. The molecule has 0 amide bonds. The molecule has 0 aliphatic carbocycles. The number of phosphoric ester groups is 1. The number of carbonyl (C=O) groups is 2. The molecular weight excluding hydrogens is 834 g/mol. The molecule has 376 valence electrons. The van der Waals surface area contributed by atoms with Crippen LogP contribution in [0.1, 0.15) is 232 Å². The minimum absolute atomic E-state index is 0.0468. The fraction of sp³-hybridized carbons (Fsp3) is 0.745. The molecule has 0 spiro atoms. The van der Waals surface area contributed by atoms with E-state index in [-0.39, 0.29) is 32.6 Å². The van der Waals surface area contributed by atoms with Crippen molar-refractivity contribution in [1.29, 1.82) is 0 Å². The molecule has 0 bridgehead atoms. The normalized spacial score (nSPS) is 13.7. The summed E-state index contributed by atoms with van der Waals surface area (Å²) < 4.78 is 32.9. The van der Waals surface area contributed by atoms with Crippen molar-refractivity contribution in [3.05, 3.63) is 72.9 Å². The van der Waals surface area contributed by atoms with Gasteiger partial charge >= 0.3 is 19.8 Å². The molecular formula is C55H98NO8P. The summed E-state index contributed by atoms with van der Waals surface area (Å²) in [6.07, 6.45) is 63.6. The van der Waals surface area contributed by atoms with Crippen LogP contribution in [0.5, 0.6) is 0 Å². The molecule has 9 nitrogen and oxygen atoms in total. The molecule has 0 aromatic carbocycles. The first kappa shape index (κ1) is 62.4. The van der Waals surface area contributed by atoms with Gasteiger partial charge in [-0.05, 0) is 89.9 Å². The standard InChI is InChI=1S/C55H98NO8P/c1-3-5-7-9-11-13-15-17-19-21-23-25-26-28-30-32-34-36-38-40-42-44-46-48-55(58)64-53(52-63-65(59,60)62-50-49-56)51-61-54(57)47-45-43-41-39-37-35-33-31-29-27-24-22-20-18-16-14-12-10-8-6-4-2/h15-18,21-24,26,28-29,31,53H,3-14,19-20,25,27,30,32-52,56H2,1-2H3,(H,59,60)/b17-15-,18-16-,23-21-,24-22-,28-26-,31-29-. The Bertz CT molecular complexity index is 1290. The molecule has 0 saturated heterocycles. The largest absolute Gasteiger partial charge is 0.472 e. The quantitative estimate of drug-likeness (QED) is 0.0265. The second kappa shape index (κ2) is 50.9. The van der Waals surface area contributed by atoms with Crippen LogP contribution < -0.4 is 5.73 Å². The summed E-state index contributed by atoms with van der Waals surface area (Å²) in [6.45, 7) is 3.70. The fourth-order valence-electron chi connectivity index (χ4n) is 7.12. The van der Waals surface area contributed by atoms with Gasteiger partial charge in [-0.15, -0.1) is 0 Å². The minimum Gasteiger partial charge on any atom is -0.462 e. The molecule has 0 aliphatic rings. The molecule has 0 rings (SSSR count). The average molecular weight is 932 g/mol. The average Bonchev–Trinajstić information content (AvgIpc) is 3.30. The van der Waals surface area contributed by atoms with Crippen molar-refractivity contribution in [3.8, 4) is 0 Å². The summed E-state index contributed by atoms with van der Waals surface area (Å²) >= 11 is 0. The van der Waals surface area contributed by atoms with Crippen LogP contribution in [0.4, 0.5) is 0 Å². The Balaban J connectivity index is 4.10. The van der Waals surface area contributed by atoms with Crippen molar-refractivity contribution in [2.24, 2.45) is 5.73 Å². The first-order chi connectivity index (χ1) is 31.8. The van der Waals surface area contributed by atoms with Crippen molar-refractivity contribution < 1.29 is 37.6 Å². The van der Waals surface area contributed by atoms with Gasteiger partial charge in [0.25, 0.3) is 0 Å². The molecule has 3 N–H and O–H groups in total. The van der Waals surface area contributed by atoms with Crippen LogP contribution in [0.3, 0.4) is 0 Å². The van der Waals surface area contributed by atoms with E-state index in [9.17, 15) is 19.0 Å². The molecule has 0 aromatic rings. The highest BCUT2D eigenvalue weighted by Crippen LogP contribution is 2.43. The highest BCUT2D eigenvalue weighted by Gasteiger charge is 2.26. The lowest BCUT2D eigenvalue weighted by Crippen LogP contribution is -2.29. The third-order valence-corrected chi connectivity index (χ3v) is 12.0. The first-order valence-electron chi connectivity index (χ1n) is 26.4. The Hall–Kier alpha value is -2.55. The van der Waals surface area contributed by atoms with Gasteiger partial charge in [-0.1, -0.05) is 202 Å². The number of carbonyl (C=O) groups excluding carboxylic acids is 2. The number of esters is 2. The predicted molar refractivity (Wildman–Crippen MR) is 275 cm³/mol. The van der Waals surface area contributed by atoms with E-state index in [2.05, 4.69) is 86.8 Å².